The third kappa shape index (κ3) is 2.23. The molecule has 0 radical (unpaired) electrons. The van der Waals surface area contributed by atoms with Crippen LogP contribution in [0.4, 0.5) is 0 Å². The Bertz CT molecular complexity index is 837. The fraction of sp³-hybridized carbons (Fsp3) is 0.125. The lowest BCUT2D eigenvalue weighted by Crippen LogP contribution is -2.21. The molecule has 0 saturated carbocycles. The number of ether oxygens (including phenoxy) is 1. The van der Waals surface area contributed by atoms with E-state index in [0.29, 0.717) is 5.52 Å². The van der Waals surface area contributed by atoms with Crippen LogP contribution in [0, 0.1) is 6.92 Å². The van der Waals surface area contributed by atoms with Gasteiger partial charge in [0.25, 0.3) is 0 Å². The summed E-state index contributed by atoms with van der Waals surface area (Å²) >= 11 is 0. The molecule has 106 valence electrons. The summed E-state index contributed by atoms with van der Waals surface area (Å²) in [7, 11) is 1.62. The normalized spacial score (nSPS) is 10.8. The van der Waals surface area contributed by atoms with Crippen LogP contribution in [0.3, 0.4) is 0 Å². The number of benzene rings is 2. The molecule has 2 aromatic carbocycles. The van der Waals surface area contributed by atoms with E-state index in [4.69, 9.17) is 4.74 Å². The van der Waals surface area contributed by atoms with Gasteiger partial charge in [-0.1, -0.05) is 12.1 Å². The van der Waals surface area contributed by atoms with Crippen molar-refractivity contribution in [3.8, 4) is 11.4 Å². The number of carbonyl (C=O) groups is 1. The SMILES string of the molecule is COc1cccc(-n2c(C)nc3cc(C(=O)[O-])ccc32)c1. The smallest absolute Gasteiger partial charge is 0.120 e. The van der Waals surface area contributed by atoms with Gasteiger partial charge in [-0.05, 0) is 36.8 Å². The molecular weight excluding hydrogens is 268 g/mol. The highest BCUT2D eigenvalue weighted by Crippen LogP contribution is 2.24. The predicted molar refractivity (Wildman–Crippen MR) is 76.7 cm³/mol. The van der Waals surface area contributed by atoms with Crippen molar-refractivity contribution in [2.75, 3.05) is 7.11 Å². The van der Waals surface area contributed by atoms with Crippen molar-refractivity contribution in [2.24, 2.45) is 0 Å². The number of carboxylic acid groups (broad SMARTS) is 1. The van der Waals surface area contributed by atoms with Gasteiger partial charge in [0, 0.05) is 6.07 Å². The molecule has 0 atom stereocenters. The molecule has 1 aromatic heterocycles. The minimum atomic E-state index is -1.20. The van der Waals surface area contributed by atoms with Gasteiger partial charge in [0.2, 0.25) is 0 Å². The van der Waals surface area contributed by atoms with Crippen LogP contribution in [0.5, 0.6) is 5.75 Å². The Hall–Kier alpha value is -2.82. The van der Waals surface area contributed by atoms with Crippen LogP contribution >= 0.6 is 0 Å². The molecule has 0 saturated heterocycles. The molecular formula is C16H13N2O3-. The molecule has 3 aromatic rings. The van der Waals surface area contributed by atoms with Crippen molar-refractivity contribution in [2.45, 2.75) is 6.92 Å². The topological polar surface area (TPSA) is 67.2 Å². The summed E-state index contributed by atoms with van der Waals surface area (Å²) in [5, 5.41) is 10.9. The van der Waals surface area contributed by atoms with Crippen LogP contribution in [0.25, 0.3) is 16.7 Å². The molecule has 3 rings (SSSR count). The maximum atomic E-state index is 10.9. The molecule has 0 unspecified atom stereocenters. The zero-order valence-electron chi connectivity index (χ0n) is 11.7. The first-order valence-corrected chi connectivity index (χ1v) is 6.45. The number of aromatic carboxylic acids is 1. The number of nitrogens with zero attached hydrogens (tertiary/aromatic N) is 2. The monoisotopic (exact) mass is 281 g/mol. The second kappa shape index (κ2) is 4.94. The van der Waals surface area contributed by atoms with E-state index in [1.807, 2.05) is 35.8 Å². The summed E-state index contributed by atoms with van der Waals surface area (Å²) < 4.78 is 7.19. The van der Waals surface area contributed by atoms with Gasteiger partial charge in [0.15, 0.2) is 0 Å². The van der Waals surface area contributed by atoms with Crippen molar-refractivity contribution >= 4 is 17.0 Å². The first-order chi connectivity index (χ1) is 10.1. The van der Waals surface area contributed by atoms with E-state index in [0.717, 1.165) is 22.8 Å². The van der Waals surface area contributed by atoms with Gasteiger partial charge in [-0.2, -0.15) is 0 Å². The second-order valence-electron chi connectivity index (χ2n) is 4.69. The van der Waals surface area contributed by atoms with Gasteiger partial charge in [0.1, 0.15) is 11.6 Å². The molecule has 0 aliphatic rings. The Balaban J connectivity index is 2.22. The van der Waals surface area contributed by atoms with Gasteiger partial charge >= 0.3 is 0 Å². The molecule has 1 heterocycles. The Kier molecular flexibility index (Phi) is 3.10. The van der Waals surface area contributed by atoms with Gasteiger partial charge in [-0.15, -0.1) is 0 Å². The summed E-state index contributed by atoms with van der Waals surface area (Å²) in [5.74, 6) is 0.319. The van der Waals surface area contributed by atoms with E-state index in [-0.39, 0.29) is 5.56 Å². The second-order valence-corrected chi connectivity index (χ2v) is 4.69. The van der Waals surface area contributed by atoms with Crippen LogP contribution in [0.15, 0.2) is 42.5 Å². The summed E-state index contributed by atoms with van der Waals surface area (Å²) in [6.45, 7) is 1.87. The molecule has 5 nitrogen and oxygen atoms in total. The van der Waals surface area contributed by atoms with E-state index in [9.17, 15) is 9.90 Å². The van der Waals surface area contributed by atoms with Crippen LogP contribution in [-0.4, -0.2) is 22.6 Å². The Morgan fingerprint density at radius 1 is 1.24 bits per heavy atom. The maximum absolute atomic E-state index is 10.9. The lowest BCUT2D eigenvalue weighted by Gasteiger charge is -2.09. The van der Waals surface area contributed by atoms with Gasteiger partial charge < -0.3 is 14.6 Å². The minimum absolute atomic E-state index is 0.123. The molecule has 5 heteroatoms. The largest absolute Gasteiger partial charge is 0.545 e. The summed E-state index contributed by atoms with van der Waals surface area (Å²) in [5.41, 5.74) is 2.50. The Labute approximate surface area is 121 Å². The highest BCUT2D eigenvalue weighted by molar-refractivity contribution is 5.91. The van der Waals surface area contributed by atoms with Gasteiger partial charge in [0.05, 0.1) is 29.8 Å². The number of hydrogen-bond acceptors (Lipinski definition) is 4. The maximum Gasteiger partial charge on any atom is 0.120 e. The Morgan fingerprint density at radius 2 is 2.05 bits per heavy atom. The molecule has 0 aliphatic heterocycles. The van der Waals surface area contributed by atoms with Crippen LogP contribution in [0.2, 0.25) is 0 Å². The van der Waals surface area contributed by atoms with Crippen molar-refractivity contribution in [1.82, 2.24) is 9.55 Å². The van der Waals surface area contributed by atoms with Crippen LogP contribution in [0.1, 0.15) is 16.2 Å². The summed E-state index contributed by atoms with van der Waals surface area (Å²) in [4.78, 5) is 15.3. The number of imidazole rings is 1. The summed E-state index contributed by atoms with van der Waals surface area (Å²) in [6.07, 6.45) is 0. The number of methoxy groups -OCH3 is 1. The van der Waals surface area contributed by atoms with E-state index >= 15 is 0 Å². The number of fused-ring (bicyclic) bond motifs is 1. The van der Waals surface area contributed by atoms with E-state index < -0.39 is 5.97 Å². The number of hydrogen-bond donors (Lipinski definition) is 0. The van der Waals surface area contributed by atoms with E-state index in [1.165, 1.54) is 12.1 Å². The average Bonchev–Trinajstić information content (AvgIpc) is 2.82. The third-order valence-electron chi connectivity index (χ3n) is 3.37. The number of aromatic nitrogens is 2. The lowest BCUT2D eigenvalue weighted by molar-refractivity contribution is -0.255. The number of rotatable bonds is 3. The highest BCUT2D eigenvalue weighted by Gasteiger charge is 2.10. The average molecular weight is 281 g/mol. The quantitative estimate of drug-likeness (QED) is 0.733. The molecule has 21 heavy (non-hydrogen) atoms. The lowest BCUT2D eigenvalue weighted by atomic mass is 10.2. The predicted octanol–water partition coefficient (Wildman–Crippen LogP) is 1.71. The fourth-order valence-corrected chi connectivity index (χ4v) is 2.40. The van der Waals surface area contributed by atoms with Crippen LogP contribution < -0.4 is 9.84 Å². The van der Waals surface area contributed by atoms with Crippen molar-refractivity contribution in [3.05, 3.63) is 53.9 Å². The third-order valence-corrected chi connectivity index (χ3v) is 3.37. The molecule has 0 aliphatic carbocycles. The zero-order valence-corrected chi connectivity index (χ0v) is 11.7. The summed E-state index contributed by atoms with van der Waals surface area (Å²) in [6, 6.07) is 12.4. The highest BCUT2D eigenvalue weighted by atomic mass is 16.5. The number of carbonyl (C=O) groups excluding carboxylic acids is 1. The number of aryl methyl sites for hydroxylation is 1. The van der Waals surface area contributed by atoms with E-state index in [2.05, 4.69) is 4.98 Å². The number of carboxylic acids is 1. The molecule has 0 bridgehead atoms. The molecule has 0 N–H and O–H groups in total. The fourth-order valence-electron chi connectivity index (χ4n) is 2.40. The van der Waals surface area contributed by atoms with E-state index in [1.54, 1.807) is 13.2 Å². The first kappa shape index (κ1) is 13.2. The molecule has 0 spiro atoms. The van der Waals surface area contributed by atoms with Crippen LogP contribution in [-0.2, 0) is 0 Å². The molecule has 0 fully saturated rings. The van der Waals surface area contributed by atoms with Gasteiger partial charge in [-0.3, -0.25) is 4.57 Å². The van der Waals surface area contributed by atoms with Crippen molar-refractivity contribution in [3.63, 3.8) is 0 Å². The van der Waals surface area contributed by atoms with Crippen molar-refractivity contribution in [1.29, 1.82) is 0 Å². The first-order valence-electron chi connectivity index (χ1n) is 6.45. The zero-order chi connectivity index (χ0) is 15.0. The minimum Gasteiger partial charge on any atom is -0.545 e. The molecule has 0 amide bonds. The standard InChI is InChI=1S/C16H14N2O3/c1-10-17-14-8-11(16(19)20)6-7-15(14)18(10)12-4-3-5-13(9-12)21-2/h3-9H,1-2H3,(H,19,20)/p-1. The Morgan fingerprint density at radius 3 is 2.76 bits per heavy atom. The van der Waals surface area contributed by atoms with Crippen molar-refractivity contribution < 1.29 is 14.6 Å². The van der Waals surface area contributed by atoms with Gasteiger partial charge in [-0.25, -0.2) is 4.98 Å².